The van der Waals surface area contributed by atoms with E-state index in [2.05, 4.69) is 0 Å². The Morgan fingerprint density at radius 2 is 1.64 bits per heavy atom. The maximum Gasteiger partial charge on any atom is 0.342 e. The molecule has 0 spiro atoms. The lowest BCUT2D eigenvalue weighted by Gasteiger charge is -2.11. The number of halogens is 1. The molecular formula is C20H17FO4. The molecule has 0 N–H and O–H groups in total. The first-order chi connectivity index (χ1) is 12.2. The van der Waals surface area contributed by atoms with Crippen molar-refractivity contribution in [3.8, 4) is 11.5 Å². The molecule has 3 aromatic carbocycles. The number of ether oxygens (including phenoxy) is 3. The molecule has 0 bridgehead atoms. The number of carbonyl (C=O) groups excluding carboxylic acids is 1. The second kappa shape index (κ2) is 7.66. The largest absolute Gasteiger partial charge is 0.496 e. The molecule has 0 fully saturated rings. The van der Waals surface area contributed by atoms with Crippen molar-refractivity contribution < 1.29 is 23.4 Å². The van der Waals surface area contributed by atoms with Crippen LogP contribution in [0.1, 0.15) is 10.4 Å². The summed E-state index contributed by atoms with van der Waals surface area (Å²) in [6.45, 7) is 0.249. The van der Waals surface area contributed by atoms with E-state index in [9.17, 15) is 9.18 Å². The number of methoxy groups -OCH3 is 1. The summed E-state index contributed by atoms with van der Waals surface area (Å²) in [5.74, 6) is 0.163. The SMILES string of the molecule is COc1cc2ccccc2cc1C(=O)OCCOc1ccc(F)cc1. The van der Waals surface area contributed by atoms with Crippen molar-refractivity contribution in [3.05, 3.63) is 72.0 Å². The van der Waals surface area contributed by atoms with Crippen LogP contribution in [0.15, 0.2) is 60.7 Å². The van der Waals surface area contributed by atoms with Gasteiger partial charge in [-0.15, -0.1) is 0 Å². The van der Waals surface area contributed by atoms with Crippen LogP contribution in [0.2, 0.25) is 0 Å². The molecule has 0 aromatic heterocycles. The van der Waals surface area contributed by atoms with Gasteiger partial charge in [-0.25, -0.2) is 9.18 Å². The van der Waals surface area contributed by atoms with Gasteiger partial charge in [0.1, 0.15) is 36.1 Å². The molecule has 0 radical (unpaired) electrons. The summed E-state index contributed by atoms with van der Waals surface area (Å²) >= 11 is 0. The minimum atomic E-state index is -0.481. The quantitative estimate of drug-likeness (QED) is 0.498. The van der Waals surface area contributed by atoms with Crippen LogP contribution in [0, 0.1) is 5.82 Å². The normalized spacial score (nSPS) is 10.5. The van der Waals surface area contributed by atoms with E-state index in [4.69, 9.17) is 14.2 Å². The Kier molecular flexibility index (Phi) is 5.14. The Balaban J connectivity index is 1.62. The molecule has 0 saturated heterocycles. The number of carbonyl (C=O) groups is 1. The molecule has 128 valence electrons. The van der Waals surface area contributed by atoms with Crippen molar-refractivity contribution in [1.82, 2.24) is 0 Å². The Bertz CT molecular complexity index is 875. The smallest absolute Gasteiger partial charge is 0.342 e. The summed E-state index contributed by atoms with van der Waals surface area (Å²) in [4.78, 5) is 12.3. The Labute approximate surface area is 144 Å². The number of fused-ring (bicyclic) bond motifs is 1. The Hall–Kier alpha value is -3.08. The molecular weight excluding hydrogens is 323 g/mol. The van der Waals surface area contributed by atoms with Crippen LogP contribution in [-0.2, 0) is 4.74 Å². The fourth-order valence-electron chi connectivity index (χ4n) is 2.45. The van der Waals surface area contributed by atoms with E-state index in [1.54, 1.807) is 12.1 Å². The van der Waals surface area contributed by atoms with Crippen molar-refractivity contribution in [2.45, 2.75) is 0 Å². The summed E-state index contributed by atoms with van der Waals surface area (Å²) in [5, 5.41) is 1.91. The van der Waals surface area contributed by atoms with Gasteiger partial charge < -0.3 is 14.2 Å². The third-order valence-electron chi connectivity index (χ3n) is 3.69. The third-order valence-corrected chi connectivity index (χ3v) is 3.69. The molecule has 0 amide bonds. The Morgan fingerprint density at radius 3 is 2.32 bits per heavy atom. The zero-order valence-electron chi connectivity index (χ0n) is 13.7. The lowest BCUT2D eigenvalue weighted by Crippen LogP contribution is -2.13. The number of hydrogen-bond donors (Lipinski definition) is 0. The number of esters is 1. The lowest BCUT2D eigenvalue weighted by atomic mass is 10.1. The van der Waals surface area contributed by atoms with Crippen molar-refractivity contribution in [3.63, 3.8) is 0 Å². The topological polar surface area (TPSA) is 44.8 Å². The van der Waals surface area contributed by atoms with Crippen molar-refractivity contribution in [2.75, 3.05) is 20.3 Å². The zero-order chi connectivity index (χ0) is 17.6. The number of hydrogen-bond acceptors (Lipinski definition) is 4. The molecule has 3 rings (SSSR count). The highest BCUT2D eigenvalue weighted by atomic mass is 19.1. The van der Waals surface area contributed by atoms with Crippen LogP contribution in [-0.4, -0.2) is 26.3 Å². The van der Waals surface area contributed by atoms with Gasteiger partial charge in [-0.3, -0.25) is 0 Å². The first-order valence-electron chi connectivity index (χ1n) is 7.79. The lowest BCUT2D eigenvalue weighted by molar-refractivity contribution is 0.0447. The van der Waals surface area contributed by atoms with E-state index in [0.717, 1.165) is 10.8 Å². The summed E-state index contributed by atoms with van der Waals surface area (Å²) < 4.78 is 28.8. The van der Waals surface area contributed by atoms with Gasteiger partial charge in [0.05, 0.1) is 7.11 Å². The first kappa shape index (κ1) is 16.8. The van der Waals surface area contributed by atoms with Crippen LogP contribution in [0.25, 0.3) is 10.8 Å². The predicted molar refractivity (Wildman–Crippen MR) is 92.7 cm³/mol. The Morgan fingerprint density at radius 1 is 0.960 bits per heavy atom. The van der Waals surface area contributed by atoms with Gasteiger partial charge in [0.25, 0.3) is 0 Å². The highest BCUT2D eigenvalue weighted by Crippen LogP contribution is 2.26. The average molecular weight is 340 g/mol. The molecule has 0 aliphatic heterocycles. The third kappa shape index (κ3) is 4.07. The minimum Gasteiger partial charge on any atom is -0.496 e. The maximum absolute atomic E-state index is 12.8. The van der Waals surface area contributed by atoms with Crippen LogP contribution < -0.4 is 9.47 Å². The highest BCUT2D eigenvalue weighted by Gasteiger charge is 2.15. The van der Waals surface area contributed by atoms with E-state index in [1.165, 1.54) is 31.4 Å². The molecule has 0 unspecified atom stereocenters. The van der Waals surface area contributed by atoms with E-state index in [1.807, 2.05) is 24.3 Å². The molecule has 0 heterocycles. The summed E-state index contributed by atoms with van der Waals surface area (Å²) in [5.41, 5.74) is 0.364. The fraction of sp³-hybridized carbons (Fsp3) is 0.150. The van der Waals surface area contributed by atoms with E-state index in [0.29, 0.717) is 17.1 Å². The summed E-state index contributed by atoms with van der Waals surface area (Å²) in [7, 11) is 1.51. The zero-order valence-corrected chi connectivity index (χ0v) is 13.7. The molecule has 0 atom stereocenters. The van der Waals surface area contributed by atoms with Crippen molar-refractivity contribution in [1.29, 1.82) is 0 Å². The molecule has 3 aromatic rings. The van der Waals surface area contributed by atoms with E-state index in [-0.39, 0.29) is 19.0 Å². The van der Waals surface area contributed by atoms with Gasteiger partial charge in [0, 0.05) is 0 Å². The van der Waals surface area contributed by atoms with Gasteiger partial charge in [0.2, 0.25) is 0 Å². The van der Waals surface area contributed by atoms with Gasteiger partial charge >= 0.3 is 5.97 Å². The summed E-state index contributed by atoms with van der Waals surface area (Å²) in [6, 6.07) is 16.9. The van der Waals surface area contributed by atoms with Crippen molar-refractivity contribution >= 4 is 16.7 Å². The highest BCUT2D eigenvalue weighted by molar-refractivity contribution is 5.98. The fourth-order valence-corrected chi connectivity index (χ4v) is 2.45. The number of benzene rings is 3. The molecule has 5 heteroatoms. The summed E-state index contributed by atoms with van der Waals surface area (Å²) in [6.07, 6.45) is 0. The van der Waals surface area contributed by atoms with Crippen molar-refractivity contribution in [2.24, 2.45) is 0 Å². The monoisotopic (exact) mass is 340 g/mol. The van der Waals surface area contributed by atoms with Gasteiger partial charge in [-0.05, 0) is 47.2 Å². The number of rotatable bonds is 6. The standard InChI is InChI=1S/C20H17FO4/c1-23-19-13-15-5-3-2-4-14(15)12-18(19)20(22)25-11-10-24-17-8-6-16(21)7-9-17/h2-9,12-13H,10-11H2,1H3. The van der Waals surface area contributed by atoms with Crippen LogP contribution in [0.3, 0.4) is 0 Å². The van der Waals surface area contributed by atoms with E-state index < -0.39 is 5.97 Å². The van der Waals surface area contributed by atoms with Gasteiger partial charge in [0.15, 0.2) is 0 Å². The molecule has 4 nitrogen and oxygen atoms in total. The molecule has 0 aliphatic rings. The predicted octanol–water partition coefficient (Wildman–Crippen LogP) is 4.22. The molecule has 0 saturated carbocycles. The van der Waals surface area contributed by atoms with Crippen LogP contribution in [0.5, 0.6) is 11.5 Å². The second-order valence-electron chi connectivity index (χ2n) is 5.34. The molecule has 25 heavy (non-hydrogen) atoms. The first-order valence-corrected chi connectivity index (χ1v) is 7.79. The van der Waals surface area contributed by atoms with E-state index >= 15 is 0 Å². The second-order valence-corrected chi connectivity index (χ2v) is 5.34. The van der Waals surface area contributed by atoms with Gasteiger partial charge in [-0.2, -0.15) is 0 Å². The molecule has 0 aliphatic carbocycles. The van der Waals surface area contributed by atoms with Gasteiger partial charge in [-0.1, -0.05) is 24.3 Å². The van der Waals surface area contributed by atoms with Crippen LogP contribution >= 0.6 is 0 Å². The maximum atomic E-state index is 12.8. The minimum absolute atomic E-state index is 0.0756. The van der Waals surface area contributed by atoms with Crippen LogP contribution in [0.4, 0.5) is 4.39 Å². The average Bonchev–Trinajstić information content (AvgIpc) is 2.65.